The summed E-state index contributed by atoms with van der Waals surface area (Å²) in [5, 5.41) is 0. The maximum Gasteiger partial charge on any atom is 0.156 e. The highest BCUT2D eigenvalue weighted by molar-refractivity contribution is 5.89. The Kier molecular flexibility index (Phi) is 4.72. The van der Waals surface area contributed by atoms with E-state index < -0.39 is 0 Å². The lowest BCUT2D eigenvalue weighted by atomic mass is 9.87. The van der Waals surface area contributed by atoms with Crippen molar-refractivity contribution in [2.24, 2.45) is 0 Å². The molecule has 0 aromatic heterocycles. The second-order valence-corrected chi connectivity index (χ2v) is 5.03. The molecule has 0 amide bonds. The van der Waals surface area contributed by atoms with Crippen molar-refractivity contribution in [3.63, 3.8) is 0 Å². The summed E-state index contributed by atoms with van der Waals surface area (Å²) in [7, 11) is 0. The van der Waals surface area contributed by atoms with Gasteiger partial charge >= 0.3 is 0 Å². The summed E-state index contributed by atoms with van der Waals surface area (Å²) < 4.78 is 0. The van der Waals surface area contributed by atoms with E-state index in [1.807, 2.05) is 0 Å². The van der Waals surface area contributed by atoms with Crippen LogP contribution in [0.25, 0.3) is 0 Å². The Morgan fingerprint density at radius 1 is 1.31 bits per heavy atom. The van der Waals surface area contributed by atoms with Crippen LogP contribution in [0.2, 0.25) is 0 Å². The number of Topliss-reactive ketones (excluding diaryl/α,β-unsaturated/α-hetero) is 1. The van der Waals surface area contributed by atoms with Gasteiger partial charge in [0, 0.05) is 6.42 Å². The third kappa shape index (κ3) is 2.73. The zero-order valence-electron chi connectivity index (χ0n) is 11.0. The van der Waals surface area contributed by atoms with E-state index in [0.29, 0.717) is 12.2 Å². The molecule has 2 heteroatoms. The van der Waals surface area contributed by atoms with Crippen molar-refractivity contribution in [1.29, 1.82) is 0 Å². The molecule has 0 bridgehead atoms. The fourth-order valence-electron chi connectivity index (χ4n) is 2.35. The van der Waals surface area contributed by atoms with Crippen LogP contribution in [0.4, 0.5) is 0 Å². The zero-order valence-corrected chi connectivity index (χ0v) is 11.0. The van der Waals surface area contributed by atoms with Gasteiger partial charge in [0.15, 0.2) is 5.78 Å². The van der Waals surface area contributed by atoms with Gasteiger partial charge in [-0.15, -0.1) is 0 Å². The number of hydrogen-bond donors (Lipinski definition) is 0. The molecule has 1 rings (SSSR count). The number of ketones is 1. The summed E-state index contributed by atoms with van der Waals surface area (Å²) in [4.78, 5) is 14.7. The molecule has 1 unspecified atom stereocenters. The van der Waals surface area contributed by atoms with Gasteiger partial charge in [-0.2, -0.15) is 0 Å². The fraction of sp³-hybridized carbons (Fsp3) is 0.786. The van der Waals surface area contributed by atoms with E-state index >= 15 is 0 Å². The van der Waals surface area contributed by atoms with E-state index in [2.05, 4.69) is 32.3 Å². The Morgan fingerprint density at radius 3 is 2.31 bits per heavy atom. The summed E-state index contributed by atoms with van der Waals surface area (Å²) in [5.74, 6) is 0.351. The van der Waals surface area contributed by atoms with Crippen molar-refractivity contribution in [1.82, 2.24) is 4.90 Å². The molecule has 0 radical (unpaired) electrons. The van der Waals surface area contributed by atoms with Crippen LogP contribution in [-0.2, 0) is 4.79 Å². The fourth-order valence-corrected chi connectivity index (χ4v) is 2.35. The highest BCUT2D eigenvalue weighted by atomic mass is 16.1. The van der Waals surface area contributed by atoms with Gasteiger partial charge < -0.3 is 0 Å². The molecule has 0 saturated carbocycles. The van der Waals surface area contributed by atoms with Crippen LogP contribution in [-0.4, -0.2) is 29.3 Å². The molecule has 1 heterocycles. The monoisotopic (exact) mass is 223 g/mol. The Hall–Kier alpha value is -0.630. The van der Waals surface area contributed by atoms with Gasteiger partial charge in [0.25, 0.3) is 0 Å². The second kappa shape index (κ2) is 5.62. The molecular formula is C14H25NO. The first kappa shape index (κ1) is 13.4. The minimum absolute atomic E-state index is 0.255. The summed E-state index contributed by atoms with van der Waals surface area (Å²) in [6, 6.07) is 0. The number of allylic oxidation sites excluding steroid dienone is 1. The minimum Gasteiger partial charge on any atom is -0.297 e. The van der Waals surface area contributed by atoms with E-state index in [0.717, 1.165) is 31.5 Å². The van der Waals surface area contributed by atoms with E-state index in [4.69, 9.17) is 0 Å². The molecule has 2 nitrogen and oxygen atoms in total. The Labute approximate surface area is 99.7 Å². The van der Waals surface area contributed by atoms with Crippen LogP contribution >= 0.6 is 0 Å². The topological polar surface area (TPSA) is 20.3 Å². The van der Waals surface area contributed by atoms with Gasteiger partial charge in [0.1, 0.15) is 0 Å². The molecule has 92 valence electrons. The molecule has 0 N–H and O–H groups in total. The van der Waals surface area contributed by atoms with Gasteiger partial charge in [-0.05, 0) is 45.7 Å². The van der Waals surface area contributed by atoms with Crippen LogP contribution < -0.4 is 0 Å². The number of carbonyl (C=O) groups is 1. The van der Waals surface area contributed by atoms with Crippen molar-refractivity contribution < 1.29 is 4.79 Å². The molecule has 0 aliphatic carbocycles. The second-order valence-electron chi connectivity index (χ2n) is 5.03. The van der Waals surface area contributed by atoms with Crippen molar-refractivity contribution in [2.45, 2.75) is 58.4 Å². The van der Waals surface area contributed by atoms with Crippen molar-refractivity contribution >= 4 is 5.78 Å². The van der Waals surface area contributed by atoms with Crippen LogP contribution in [0.3, 0.4) is 0 Å². The number of carbonyl (C=O) groups excluding carboxylic acids is 1. The summed E-state index contributed by atoms with van der Waals surface area (Å²) in [5.41, 5.74) is 0.804. The predicted octanol–water partition coefficient (Wildman–Crippen LogP) is 3.18. The van der Waals surface area contributed by atoms with Gasteiger partial charge in [-0.1, -0.05) is 26.0 Å². The van der Waals surface area contributed by atoms with E-state index in [9.17, 15) is 4.79 Å². The molecule has 1 fully saturated rings. The third-order valence-electron chi connectivity index (χ3n) is 4.00. The SMILES string of the molecule is C=C(CC)CC(=O)C(C)(CC)N1CCCC1. The van der Waals surface area contributed by atoms with Gasteiger partial charge in [0.2, 0.25) is 0 Å². The molecule has 1 aliphatic heterocycles. The van der Waals surface area contributed by atoms with E-state index in [1.54, 1.807) is 0 Å². The average Bonchev–Trinajstić information content (AvgIpc) is 2.81. The van der Waals surface area contributed by atoms with Crippen LogP contribution in [0.5, 0.6) is 0 Å². The molecule has 1 atom stereocenters. The maximum atomic E-state index is 12.3. The minimum atomic E-state index is -0.255. The highest BCUT2D eigenvalue weighted by Crippen LogP contribution is 2.27. The maximum absolute atomic E-state index is 12.3. The lowest BCUT2D eigenvalue weighted by molar-refractivity contribution is -0.129. The average molecular weight is 223 g/mol. The van der Waals surface area contributed by atoms with E-state index in [-0.39, 0.29) is 5.54 Å². The van der Waals surface area contributed by atoms with Crippen molar-refractivity contribution in [3.8, 4) is 0 Å². The molecule has 1 saturated heterocycles. The summed E-state index contributed by atoms with van der Waals surface area (Å²) in [6.45, 7) is 12.4. The Bertz CT molecular complexity index is 266. The normalized spacial score (nSPS) is 20.7. The first-order chi connectivity index (χ1) is 7.54. The smallest absolute Gasteiger partial charge is 0.156 e. The third-order valence-corrected chi connectivity index (χ3v) is 4.00. The Morgan fingerprint density at radius 2 is 1.88 bits per heavy atom. The van der Waals surface area contributed by atoms with Crippen LogP contribution in [0.15, 0.2) is 12.2 Å². The molecule has 1 aliphatic rings. The predicted molar refractivity (Wildman–Crippen MR) is 68.6 cm³/mol. The highest BCUT2D eigenvalue weighted by Gasteiger charge is 2.38. The lowest BCUT2D eigenvalue weighted by Gasteiger charge is -2.37. The Balaban J connectivity index is 2.70. The number of rotatable bonds is 6. The van der Waals surface area contributed by atoms with Crippen molar-refractivity contribution in [3.05, 3.63) is 12.2 Å². The molecular weight excluding hydrogens is 198 g/mol. The van der Waals surface area contributed by atoms with Crippen LogP contribution in [0.1, 0.15) is 52.9 Å². The largest absolute Gasteiger partial charge is 0.297 e. The quantitative estimate of drug-likeness (QED) is 0.645. The summed E-state index contributed by atoms with van der Waals surface area (Å²) in [6.07, 6.45) is 4.83. The molecule has 0 aromatic rings. The van der Waals surface area contributed by atoms with Crippen molar-refractivity contribution in [2.75, 3.05) is 13.1 Å². The van der Waals surface area contributed by atoms with Gasteiger partial charge in [0.05, 0.1) is 5.54 Å². The lowest BCUT2D eigenvalue weighted by Crippen LogP contribution is -2.50. The molecule has 0 spiro atoms. The number of nitrogens with zero attached hydrogens (tertiary/aromatic N) is 1. The zero-order chi connectivity index (χ0) is 12.2. The first-order valence-electron chi connectivity index (χ1n) is 6.49. The summed E-state index contributed by atoms with van der Waals surface area (Å²) >= 11 is 0. The van der Waals surface area contributed by atoms with E-state index in [1.165, 1.54) is 12.8 Å². The molecule has 16 heavy (non-hydrogen) atoms. The van der Waals surface area contributed by atoms with Gasteiger partial charge in [-0.3, -0.25) is 9.69 Å². The standard InChI is InChI=1S/C14H25NO/c1-5-12(3)11-13(16)14(4,6-2)15-9-7-8-10-15/h3,5-11H2,1-2,4H3. The number of hydrogen-bond acceptors (Lipinski definition) is 2. The van der Waals surface area contributed by atoms with Crippen LogP contribution in [0, 0.1) is 0 Å². The van der Waals surface area contributed by atoms with Gasteiger partial charge in [-0.25, -0.2) is 0 Å². The first-order valence-corrected chi connectivity index (χ1v) is 6.49. The molecule has 0 aromatic carbocycles. The number of likely N-dealkylation sites (tertiary alicyclic amines) is 1.